The third-order valence-electron chi connectivity index (χ3n) is 4.01. The molecule has 0 saturated carbocycles. The molecular formula is C14H14N2O6. The number of hydrogen-bond donors (Lipinski definition) is 1. The minimum absolute atomic E-state index is 0.0748. The highest BCUT2D eigenvalue weighted by atomic mass is 16.6. The first kappa shape index (κ1) is 14.5. The van der Waals surface area contributed by atoms with Crippen LogP contribution in [0.3, 0.4) is 0 Å². The van der Waals surface area contributed by atoms with Crippen molar-refractivity contribution in [3.8, 4) is 0 Å². The topological polar surface area (TPSA) is 110 Å². The molecule has 0 spiro atoms. The van der Waals surface area contributed by atoms with E-state index < -0.39 is 23.1 Å². The van der Waals surface area contributed by atoms with E-state index >= 15 is 0 Å². The third kappa shape index (κ3) is 2.41. The van der Waals surface area contributed by atoms with Crippen LogP contribution >= 0.6 is 0 Å². The predicted octanol–water partition coefficient (Wildman–Crippen LogP) is 1.12. The monoisotopic (exact) mass is 306 g/mol. The van der Waals surface area contributed by atoms with Crippen LogP contribution in [-0.4, -0.2) is 40.7 Å². The molecule has 0 radical (unpaired) electrons. The van der Waals surface area contributed by atoms with Crippen LogP contribution < -0.4 is 4.90 Å². The number of nitro groups is 1. The SMILES string of the molecule is O=C(O)[C@H]1CC[C@@H](C(=O)N2CCc3ccc([N+](=O)[O-])cc32)O1. The van der Waals surface area contributed by atoms with Crippen LogP contribution in [0.25, 0.3) is 0 Å². The minimum atomic E-state index is -1.08. The number of anilines is 1. The first-order valence-electron chi connectivity index (χ1n) is 6.94. The van der Waals surface area contributed by atoms with Crippen molar-refractivity contribution in [3.05, 3.63) is 33.9 Å². The molecule has 8 heteroatoms. The Labute approximate surface area is 125 Å². The fourth-order valence-electron chi connectivity index (χ4n) is 2.88. The molecule has 22 heavy (non-hydrogen) atoms. The van der Waals surface area contributed by atoms with Crippen LogP contribution in [0.1, 0.15) is 18.4 Å². The van der Waals surface area contributed by atoms with Gasteiger partial charge in [0.1, 0.15) is 6.10 Å². The van der Waals surface area contributed by atoms with E-state index in [0.717, 1.165) is 5.56 Å². The fourth-order valence-corrected chi connectivity index (χ4v) is 2.88. The summed E-state index contributed by atoms with van der Waals surface area (Å²) in [4.78, 5) is 35.2. The van der Waals surface area contributed by atoms with Crippen LogP contribution in [0, 0.1) is 10.1 Å². The largest absolute Gasteiger partial charge is 0.479 e. The van der Waals surface area contributed by atoms with Gasteiger partial charge in [-0.2, -0.15) is 0 Å². The molecule has 0 aliphatic carbocycles. The van der Waals surface area contributed by atoms with Crippen molar-refractivity contribution < 1.29 is 24.4 Å². The highest BCUT2D eigenvalue weighted by Gasteiger charge is 2.39. The zero-order chi connectivity index (χ0) is 15.9. The van der Waals surface area contributed by atoms with Crippen molar-refractivity contribution in [2.45, 2.75) is 31.5 Å². The summed E-state index contributed by atoms with van der Waals surface area (Å²) in [7, 11) is 0. The molecule has 1 fully saturated rings. The van der Waals surface area contributed by atoms with Gasteiger partial charge in [-0.05, 0) is 24.8 Å². The van der Waals surface area contributed by atoms with Crippen molar-refractivity contribution >= 4 is 23.3 Å². The van der Waals surface area contributed by atoms with Gasteiger partial charge in [0.15, 0.2) is 6.10 Å². The second-order valence-electron chi connectivity index (χ2n) is 5.34. The summed E-state index contributed by atoms with van der Waals surface area (Å²) in [6.07, 6.45) is -0.501. The van der Waals surface area contributed by atoms with Gasteiger partial charge >= 0.3 is 5.97 Å². The molecule has 0 bridgehead atoms. The van der Waals surface area contributed by atoms with Gasteiger partial charge in [0.2, 0.25) is 0 Å². The first-order chi connectivity index (χ1) is 10.5. The summed E-state index contributed by atoms with van der Waals surface area (Å²) in [5.41, 5.74) is 1.31. The Hall–Kier alpha value is -2.48. The quantitative estimate of drug-likeness (QED) is 0.661. The van der Waals surface area contributed by atoms with Crippen molar-refractivity contribution in [1.29, 1.82) is 0 Å². The van der Waals surface area contributed by atoms with E-state index in [0.29, 0.717) is 31.5 Å². The minimum Gasteiger partial charge on any atom is -0.479 e. The molecule has 3 rings (SSSR count). The number of carboxylic acids is 1. The Kier molecular flexibility index (Phi) is 3.53. The first-order valence-corrected chi connectivity index (χ1v) is 6.94. The van der Waals surface area contributed by atoms with E-state index in [1.54, 1.807) is 6.07 Å². The van der Waals surface area contributed by atoms with E-state index in [1.807, 2.05) is 0 Å². The fraction of sp³-hybridized carbons (Fsp3) is 0.429. The molecule has 116 valence electrons. The molecule has 2 aliphatic rings. The molecular weight excluding hydrogens is 292 g/mol. The van der Waals surface area contributed by atoms with Crippen LogP contribution in [-0.2, 0) is 20.7 Å². The average Bonchev–Trinajstić information content (AvgIpc) is 3.13. The number of benzene rings is 1. The Bertz CT molecular complexity index is 659. The molecule has 2 atom stereocenters. The number of carbonyl (C=O) groups excluding carboxylic acids is 1. The van der Waals surface area contributed by atoms with Crippen molar-refractivity contribution in [3.63, 3.8) is 0 Å². The van der Waals surface area contributed by atoms with Crippen molar-refractivity contribution in [1.82, 2.24) is 0 Å². The summed E-state index contributed by atoms with van der Waals surface area (Å²) < 4.78 is 5.27. The zero-order valence-electron chi connectivity index (χ0n) is 11.6. The number of hydrogen-bond acceptors (Lipinski definition) is 5. The van der Waals surface area contributed by atoms with Gasteiger partial charge < -0.3 is 14.7 Å². The van der Waals surface area contributed by atoms with Crippen molar-refractivity contribution in [2.24, 2.45) is 0 Å². The van der Waals surface area contributed by atoms with Gasteiger partial charge in [0.25, 0.3) is 11.6 Å². The number of amides is 1. The molecule has 8 nitrogen and oxygen atoms in total. The Morgan fingerprint density at radius 2 is 2.05 bits per heavy atom. The summed E-state index contributed by atoms with van der Waals surface area (Å²) >= 11 is 0. The summed E-state index contributed by atoms with van der Waals surface area (Å²) in [6.45, 7) is 0.424. The lowest BCUT2D eigenvalue weighted by molar-refractivity contribution is -0.384. The Balaban J connectivity index is 1.81. The third-order valence-corrected chi connectivity index (χ3v) is 4.01. The highest BCUT2D eigenvalue weighted by Crippen LogP contribution is 2.33. The molecule has 1 amide bonds. The van der Waals surface area contributed by atoms with Gasteiger partial charge in [-0.15, -0.1) is 0 Å². The molecule has 1 saturated heterocycles. The number of nitrogens with zero attached hydrogens (tertiary/aromatic N) is 2. The summed E-state index contributed by atoms with van der Waals surface area (Å²) in [5, 5.41) is 19.8. The molecule has 0 unspecified atom stereocenters. The summed E-state index contributed by atoms with van der Waals surface area (Å²) in [6, 6.07) is 4.44. The Morgan fingerprint density at radius 3 is 2.68 bits per heavy atom. The van der Waals surface area contributed by atoms with Gasteiger partial charge in [-0.3, -0.25) is 14.9 Å². The second-order valence-corrected chi connectivity index (χ2v) is 5.34. The Morgan fingerprint density at radius 1 is 1.32 bits per heavy atom. The number of carbonyl (C=O) groups is 2. The molecule has 0 aromatic heterocycles. The molecule has 2 heterocycles. The maximum atomic E-state index is 12.5. The van der Waals surface area contributed by atoms with Crippen LogP contribution in [0.5, 0.6) is 0 Å². The van der Waals surface area contributed by atoms with Gasteiger partial charge in [0.05, 0.1) is 10.6 Å². The number of rotatable bonds is 3. The number of ether oxygens (including phenoxy) is 1. The highest BCUT2D eigenvalue weighted by molar-refractivity contribution is 5.99. The second kappa shape index (κ2) is 5.38. The van der Waals surface area contributed by atoms with E-state index in [4.69, 9.17) is 9.84 Å². The zero-order valence-corrected chi connectivity index (χ0v) is 11.6. The van der Waals surface area contributed by atoms with E-state index in [-0.39, 0.29) is 11.6 Å². The molecule has 1 N–H and O–H groups in total. The number of fused-ring (bicyclic) bond motifs is 1. The van der Waals surface area contributed by atoms with E-state index in [1.165, 1.54) is 17.0 Å². The van der Waals surface area contributed by atoms with E-state index in [2.05, 4.69) is 0 Å². The van der Waals surface area contributed by atoms with Crippen LogP contribution in [0.2, 0.25) is 0 Å². The lowest BCUT2D eigenvalue weighted by Gasteiger charge is -2.21. The molecule has 1 aromatic carbocycles. The maximum absolute atomic E-state index is 12.5. The van der Waals surface area contributed by atoms with Crippen LogP contribution in [0.4, 0.5) is 11.4 Å². The summed E-state index contributed by atoms with van der Waals surface area (Å²) in [5.74, 6) is -1.41. The number of nitro benzene ring substituents is 1. The van der Waals surface area contributed by atoms with Crippen LogP contribution in [0.15, 0.2) is 18.2 Å². The number of aliphatic carboxylic acids is 1. The maximum Gasteiger partial charge on any atom is 0.332 e. The van der Waals surface area contributed by atoms with Gasteiger partial charge in [0, 0.05) is 18.7 Å². The van der Waals surface area contributed by atoms with E-state index in [9.17, 15) is 19.7 Å². The number of non-ortho nitro benzene ring substituents is 1. The molecule has 1 aromatic rings. The average molecular weight is 306 g/mol. The lowest BCUT2D eigenvalue weighted by atomic mass is 10.1. The van der Waals surface area contributed by atoms with Gasteiger partial charge in [-0.25, -0.2) is 4.79 Å². The molecule has 2 aliphatic heterocycles. The normalized spacial score (nSPS) is 23.4. The number of carboxylic acid groups (broad SMARTS) is 1. The standard InChI is InChI=1S/C14H14N2O6/c17-13(11-3-4-12(22-11)14(18)19)15-6-5-8-1-2-9(16(20)21)7-10(8)15/h1-2,7,11-12H,3-6H2,(H,18,19)/t11-,12+/m0/s1. The van der Waals surface area contributed by atoms with Gasteiger partial charge in [-0.1, -0.05) is 6.07 Å². The lowest BCUT2D eigenvalue weighted by Crippen LogP contribution is -2.38. The predicted molar refractivity (Wildman–Crippen MR) is 74.7 cm³/mol. The van der Waals surface area contributed by atoms with Crippen molar-refractivity contribution in [2.75, 3.05) is 11.4 Å². The smallest absolute Gasteiger partial charge is 0.332 e.